The zero-order chi connectivity index (χ0) is 21.4. The van der Waals surface area contributed by atoms with Gasteiger partial charge in [-0.2, -0.15) is 0 Å². The number of Topliss-reactive ketones (excluding diaryl/α,β-unsaturated/α-hetero) is 1. The van der Waals surface area contributed by atoms with Crippen LogP contribution in [-0.4, -0.2) is 68.6 Å². The number of phenolic OH excluding ortho intramolecular Hbond substituents is 1. The van der Waals surface area contributed by atoms with Crippen LogP contribution >= 0.6 is 0 Å². The summed E-state index contributed by atoms with van der Waals surface area (Å²) >= 11 is 0. The Morgan fingerprint density at radius 2 is 1.77 bits per heavy atom. The van der Waals surface area contributed by atoms with Crippen LogP contribution in [0.5, 0.6) is 17.2 Å². The van der Waals surface area contributed by atoms with Gasteiger partial charge in [-0.15, -0.1) is 0 Å². The molecule has 5 N–H and O–H groups in total. The third-order valence-corrected chi connectivity index (χ3v) is 5.23. The van der Waals surface area contributed by atoms with Crippen molar-refractivity contribution in [2.24, 2.45) is 0 Å². The highest BCUT2D eigenvalue weighted by atomic mass is 16.7. The topological polar surface area (TPSA) is 146 Å². The molecule has 0 bridgehead atoms. The Morgan fingerprint density at radius 1 is 1.03 bits per heavy atom. The Labute approximate surface area is 171 Å². The van der Waals surface area contributed by atoms with Crippen LogP contribution in [0.1, 0.15) is 28.4 Å². The summed E-state index contributed by atoms with van der Waals surface area (Å²) in [6, 6.07) is 11.6. The van der Waals surface area contributed by atoms with Gasteiger partial charge >= 0.3 is 0 Å². The summed E-state index contributed by atoms with van der Waals surface area (Å²) in [5.41, 5.74) is 0.869. The smallest absolute Gasteiger partial charge is 0.229 e. The van der Waals surface area contributed by atoms with Crippen LogP contribution in [0.25, 0.3) is 0 Å². The van der Waals surface area contributed by atoms with Gasteiger partial charge in [0.05, 0.1) is 13.0 Å². The number of hydrogen-bond acceptors (Lipinski definition) is 9. The number of carbonyl (C=O) groups excluding carboxylic acids is 1. The molecule has 160 valence electrons. The maximum absolute atomic E-state index is 12.9. The second kappa shape index (κ2) is 8.21. The van der Waals surface area contributed by atoms with E-state index in [1.54, 1.807) is 0 Å². The van der Waals surface area contributed by atoms with Gasteiger partial charge in [-0.1, -0.05) is 30.3 Å². The van der Waals surface area contributed by atoms with Gasteiger partial charge in [0.25, 0.3) is 0 Å². The van der Waals surface area contributed by atoms with Crippen molar-refractivity contribution in [3.05, 3.63) is 53.6 Å². The zero-order valence-electron chi connectivity index (χ0n) is 15.8. The fourth-order valence-electron chi connectivity index (χ4n) is 3.65. The first-order valence-electron chi connectivity index (χ1n) is 9.48. The van der Waals surface area contributed by atoms with Crippen LogP contribution in [0.2, 0.25) is 0 Å². The number of hydrogen-bond donors (Lipinski definition) is 5. The molecule has 0 unspecified atom stereocenters. The number of phenols is 1. The number of benzene rings is 2. The lowest BCUT2D eigenvalue weighted by Crippen LogP contribution is -2.60. The van der Waals surface area contributed by atoms with Crippen LogP contribution in [0.4, 0.5) is 0 Å². The Morgan fingerprint density at radius 3 is 2.47 bits per heavy atom. The third-order valence-electron chi connectivity index (χ3n) is 5.23. The lowest BCUT2D eigenvalue weighted by atomic mass is 9.95. The standard InChI is InChI=1S/C21H22O9/c22-9-16-18(25)19(26)20(27)21(30-16)29-15-7-11(23)6-14-17(15)12(24)8-13(28-14)10-4-2-1-3-5-10/h1-7,13,16,18-23,25-27H,8-9H2/t13-,16-,18+,19-,20-,21+/m1/s1. The quantitative estimate of drug-likeness (QED) is 0.472. The molecule has 30 heavy (non-hydrogen) atoms. The lowest BCUT2D eigenvalue weighted by Gasteiger charge is -2.40. The summed E-state index contributed by atoms with van der Waals surface area (Å²) in [7, 11) is 0. The summed E-state index contributed by atoms with van der Waals surface area (Å²) in [5.74, 6) is -0.537. The molecule has 4 rings (SSSR count). The largest absolute Gasteiger partial charge is 0.508 e. The minimum absolute atomic E-state index is 0.0346. The summed E-state index contributed by atoms with van der Waals surface area (Å²) < 4.78 is 16.8. The molecule has 1 saturated heterocycles. The van der Waals surface area contributed by atoms with Gasteiger partial charge in [0.2, 0.25) is 6.29 Å². The molecular weight excluding hydrogens is 396 g/mol. The zero-order valence-corrected chi connectivity index (χ0v) is 15.8. The molecule has 2 aliphatic rings. The number of rotatable bonds is 4. The molecule has 6 atom stereocenters. The van der Waals surface area contributed by atoms with E-state index in [9.17, 15) is 30.3 Å². The normalized spacial score (nSPS) is 31.0. The molecule has 0 spiro atoms. The number of carbonyl (C=O) groups is 1. The molecule has 1 fully saturated rings. The molecule has 2 aromatic rings. The van der Waals surface area contributed by atoms with Gasteiger partial charge in [0, 0.05) is 12.1 Å². The third kappa shape index (κ3) is 3.73. The second-order valence-electron chi connectivity index (χ2n) is 7.28. The number of fused-ring (bicyclic) bond motifs is 1. The average Bonchev–Trinajstić information content (AvgIpc) is 2.74. The second-order valence-corrected chi connectivity index (χ2v) is 7.28. The van der Waals surface area contributed by atoms with Crippen molar-refractivity contribution in [3.63, 3.8) is 0 Å². The number of ether oxygens (including phenoxy) is 3. The maximum Gasteiger partial charge on any atom is 0.229 e. The van der Waals surface area contributed by atoms with E-state index in [1.165, 1.54) is 12.1 Å². The molecule has 0 aromatic heterocycles. The summed E-state index contributed by atoms with van der Waals surface area (Å²) in [6.07, 6.45) is -8.00. The Kier molecular flexibility index (Phi) is 5.63. The van der Waals surface area contributed by atoms with Crippen molar-refractivity contribution in [2.75, 3.05) is 6.61 Å². The Hall–Kier alpha value is -2.69. The predicted molar refractivity (Wildman–Crippen MR) is 101 cm³/mol. The van der Waals surface area contributed by atoms with E-state index in [4.69, 9.17) is 14.2 Å². The number of aliphatic hydroxyl groups excluding tert-OH is 4. The maximum atomic E-state index is 12.9. The van der Waals surface area contributed by atoms with E-state index in [-0.39, 0.29) is 35.0 Å². The van der Waals surface area contributed by atoms with Crippen molar-refractivity contribution >= 4 is 5.78 Å². The van der Waals surface area contributed by atoms with Crippen molar-refractivity contribution in [3.8, 4) is 17.2 Å². The van der Waals surface area contributed by atoms with Gasteiger partial charge in [-0.3, -0.25) is 4.79 Å². The fourth-order valence-corrected chi connectivity index (χ4v) is 3.65. The summed E-state index contributed by atoms with van der Waals surface area (Å²) in [5, 5.41) is 49.4. The first kappa shape index (κ1) is 20.6. The Balaban J connectivity index is 1.63. The fraction of sp³-hybridized carbons (Fsp3) is 0.381. The molecule has 2 aliphatic heterocycles. The summed E-state index contributed by atoms with van der Waals surface area (Å²) in [6.45, 7) is -0.621. The first-order valence-corrected chi connectivity index (χ1v) is 9.48. The van der Waals surface area contributed by atoms with Gasteiger partial charge in [0.1, 0.15) is 53.3 Å². The number of aromatic hydroxyl groups is 1. The van der Waals surface area contributed by atoms with Crippen molar-refractivity contribution in [2.45, 2.75) is 43.2 Å². The SMILES string of the molecule is O=C1C[C@H](c2ccccc2)Oc2cc(O)cc(O[C@H]3O[C@H](CO)[C@H](O)[C@@H](O)[C@H]3O)c21. The lowest BCUT2D eigenvalue weighted by molar-refractivity contribution is -0.277. The van der Waals surface area contributed by atoms with Crippen LogP contribution in [0.15, 0.2) is 42.5 Å². The van der Waals surface area contributed by atoms with E-state index in [1.807, 2.05) is 30.3 Å². The van der Waals surface area contributed by atoms with Crippen LogP contribution in [0.3, 0.4) is 0 Å². The summed E-state index contributed by atoms with van der Waals surface area (Å²) in [4.78, 5) is 12.9. The molecule has 2 aromatic carbocycles. The predicted octanol–water partition coefficient (Wildman–Crippen LogP) is 0.277. The monoisotopic (exact) mass is 418 g/mol. The van der Waals surface area contributed by atoms with E-state index < -0.39 is 43.4 Å². The average molecular weight is 418 g/mol. The van der Waals surface area contributed by atoms with E-state index >= 15 is 0 Å². The first-order chi connectivity index (χ1) is 14.4. The van der Waals surface area contributed by atoms with E-state index in [0.29, 0.717) is 0 Å². The molecule has 2 heterocycles. The molecule has 9 nitrogen and oxygen atoms in total. The minimum atomic E-state index is -1.66. The van der Waals surface area contributed by atoms with Gasteiger partial charge in [-0.25, -0.2) is 0 Å². The van der Waals surface area contributed by atoms with E-state index in [0.717, 1.165) is 5.56 Å². The molecule has 0 saturated carbocycles. The van der Waals surface area contributed by atoms with Crippen LogP contribution in [0, 0.1) is 0 Å². The van der Waals surface area contributed by atoms with Crippen molar-refractivity contribution < 1.29 is 44.5 Å². The van der Waals surface area contributed by atoms with Crippen LogP contribution < -0.4 is 9.47 Å². The molecule has 0 radical (unpaired) electrons. The van der Waals surface area contributed by atoms with Gasteiger partial charge in [-0.05, 0) is 5.56 Å². The number of ketones is 1. The Bertz CT molecular complexity index is 914. The van der Waals surface area contributed by atoms with Gasteiger partial charge < -0.3 is 39.7 Å². The highest BCUT2D eigenvalue weighted by Gasteiger charge is 2.45. The number of aliphatic hydroxyl groups is 4. The molecule has 9 heteroatoms. The molecular formula is C21H22O9. The van der Waals surface area contributed by atoms with E-state index in [2.05, 4.69) is 0 Å². The van der Waals surface area contributed by atoms with Crippen LogP contribution in [-0.2, 0) is 4.74 Å². The molecule has 0 aliphatic carbocycles. The van der Waals surface area contributed by atoms with Gasteiger partial charge in [0.15, 0.2) is 5.78 Å². The highest BCUT2D eigenvalue weighted by Crippen LogP contribution is 2.43. The van der Waals surface area contributed by atoms with Crippen molar-refractivity contribution in [1.29, 1.82) is 0 Å². The minimum Gasteiger partial charge on any atom is -0.508 e. The van der Waals surface area contributed by atoms with Crippen molar-refractivity contribution in [1.82, 2.24) is 0 Å². The molecule has 0 amide bonds. The highest BCUT2D eigenvalue weighted by molar-refractivity contribution is 6.02.